The van der Waals surface area contributed by atoms with Crippen molar-refractivity contribution >= 4 is 31.9 Å². The molecule has 1 aromatic heterocycles. The highest BCUT2D eigenvalue weighted by atomic mass is 79.9. The van der Waals surface area contributed by atoms with Crippen molar-refractivity contribution in [1.82, 2.24) is 9.78 Å². The molecule has 86 valence electrons. The molecule has 1 heterocycles. The third kappa shape index (κ3) is 3.59. The molecule has 0 aliphatic rings. The highest BCUT2D eigenvalue weighted by Gasteiger charge is 2.28. The van der Waals surface area contributed by atoms with Gasteiger partial charge < -0.3 is 0 Å². The van der Waals surface area contributed by atoms with Crippen LogP contribution in [-0.4, -0.2) is 20.4 Å². The van der Waals surface area contributed by atoms with E-state index in [1.807, 2.05) is 17.9 Å². The van der Waals surface area contributed by atoms with Gasteiger partial charge in [0.25, 0.3) is 0 Å². The Morgan fingerprint density at radius 1 is 1.40 bits per heavy atom. The Morgan fingerprint density at radius 2 is 2.07 bits per heavy atom. The molecule has 0 aliphatic heterocycles. The normalized spacial score (nSPS) is 12.0. The van der Waals surface area contributed by atoms with E-state index < -0.39 is 0 Å². The summed E-state index contributed by atoms with van der Waals surface area (Å²) >= 11 is 7.27. The Labute approximate surface area is 109 Å². The topological polar surface area (TPSA) is 17.8 Å². The summed E-state index contributed by atoms with van der Waals surface area (Å²) < 4.78 is 1.87. The molecule has 0 saturated carbocycles. The van der Waals surface area contributed by atoms with Crippen LogP contribution in [0.2, 0.25) is 0 Å². The molecular weight excluding hydrogens is 320 g/mol. The molecule has 1 aromatic rings. The zero-order valence-corrected chi connectivity index (χ0v) is 12.5. The van der Waals surface area contributed by atoms with Crippen molar-refractivity contribution in [1.29, 1.82) is 0 Å². The molecular formula is C11H18Br2N2. The Bertz CT molecular complexity index is 293. The lowest BCUT2D eigenvalue weighted by Crippen LogP contribution is -2.27. The number of hydrogen-bond acceptors (Lipinski definition) is 1. The lowest BCUT2D eigenvalue weighted by Gasteiger charge is -2.28. The van der Waals surface area contributed by atoms with Gasteiger partial charge in [-0.2, -0.15) is 5.10 Å². The fourth-order valence-corrected chi connectivity index (χ4v) is 3.71. The first-order valence-electron chi connectivity index (χ1n) is 5.26. The molecule has 0 N–H and O–H groups in total. The first-order valence-corrected chi connectivity index (χ1v) is 7.50. The predicted molar refractivity (Wildman–Crippen MR) is 71.8 cm³/mol. The van der Waals surface area contributed by atoms with E-state index in [2.05, 4.69) is 49.9 Å². The number of rotatable bonds is 6. The summed E-state index contributed by atoms with van der Waals surface area (Å²) in [5.74, 6) is 0. The minimum Gasteiger partial charge on any atom is -0.276 e. The van der Waals surface area contributed by atoms with E-state index in [1.165, 1.54) is 18.5 Å². The number of halogens is 2. The molecule has 15 heavy (non-hydrogen) atoms. The summed E-state index contributed by atoms with van der Waals surface area (Å²) in [5.41, 5.74) is 1.49. The number of nitrogens with zero attached hydrogens (tertiary/aromatic N) is 2. The van der Waals surface area contributed by atoms with Crippen LogP contribution in [0.5, 0.6) is 0 Å². The molecule has 0 aromatic carbocycles. The van der Waals surface area contributed by atoms with Crippen LogP contribution in [0.4, 0.5) is 0 Å². The van der Waals surface area contributed by atoms with Crippen LogP contribution in [0.3, 0.4) is 0 Å². The largest absolute Gasteiger partial charge is 0.276 e. The van der Waals surface area contributed by atoms with Crippen molar-refractivity contribution in [3.05, 3.63) is 18.0 Å². The maximum Gasteiger partial charge on any atom is 0.0630 e. The van der Waals surface area contributed by atoms with Gasteiger partial charge in [-0.15, -0.1) is 0 Å². The molecule has 0 radical (unpaired) electrons. The first kappa shape index (κ1) is 13.2. The number of aryl methyl sites for hydroxylation is 1. The molecule has 0 fully saturated rings. The van der Waals surface area contributed by atoms with Crippen LogP contribution in [0.1, 0.15) is 25.5 Å². The molecule has 1 rings (SSSR count). The van der Waals surface area contributed by atoms with E-state index in [4.69, 9.17) is 0 Å². The van der Waals surface area contributed by atoms with Gasteiger partial charge in [-0.25, -0.2) is 0 Å². The Morgan fingerprint density at radius 3 is 2.47 bits per heavy atom. The van der Waals surface area contributed by atoms with E-state index in [-0.39, 0.29) is 0 Å². The van der Waals surface area contributed by atoms with Gasteiger partial charge in [0.15, 0.2) is 0 Å². The Kier molecular flexibility index (Phi) is 5.33. The van der Waals surface area contributed by atoms with Gasteiger partial charge in [0.2, 0.25) is 0 Å². The molecule has 2 nitrogen and oxygen atoms in total. The van der Waals surface area contributed by atoms with Crippen molar-refractivity contribution in [2.75, 3.05) is 10.7 Å². The lowest BCUT2D eigenvalue weighted by molar-refractivity contribution is 0.347. The van der Waals surface area contributed by atoms with Crippen molar-refractivity contribution in [3.63, 3.8) is 0 Å². The van der Waals surface area contributed by atoms with Crippen molar-refractivity contribution in [2.24, 2.45) is 12.5 Å². The quantitative estimate of drug-likeness (QED) is 0.726. The number of hydrogen-bond donors (Lipinski definition) is 0. The monoisotopic (exact) mass is 336 g/mol. The average Bonchev–Trinajstić information content (AvgIpc) is 2.63. The van der Waals surface area contributed by atoms with Gasteiger partial charge in [0.05, 0.1) is 5.69 Å². The molecule has 4 heteroatoms. The minimum atomic E-state index is 0.309. The van der Waals surface area contributed by atoms with Gasteiger partial charge in [0, 0.05) is 23.9 Å². The van der Waals surface area contributed by atoms with Crippen LogP contribution in [-0.2, 0) is 13.5 Å². The van der Waals surface area contributed by atoms with Gasteiger partial charge in [-0.3, -0.25) is 4.68 Å². The molecule has 0 aliphatic carbocycles. The lowest BCUT2D eigenvalue weighted by atomic mass is 9.83. The van der Waals surface area contributed by atoms with E-state index in [0.29, 0.717) is 5.41 Å². The minimum absolute atomic E-state index is 0.309. The zero-order valence-electron chi connectivity index (χ0n) is 9.34. The second-order valence-electron chi connectivity index (χ2n) is 4.17. The van der Waals surface area contributed by atoms with E-state index in [1.54, 1.807) is 0 Å². The maximum absolute atomic E-state index is 4.45. The molecule has 0 saturated heterocycles. The summed E-state index contributed by atoms with van der Waals surface area (Å²) in [6, 6.07) is 2.11. The van der Waals surface area contributed by atoms with Crippen LogP contribution in [0.25, 0.3) is 0 Å². The third-order valence-electron chi connectivity index (χ3n) is 2.67. The molecule has 0 atom stereocenters. The SMILES string of the molecule is CCCC(CBr)(CBr)Cc1ccn(C)n1. The molecule has 0 bridgehead atoms. The van der Waals surface area contributed by atoms with E-state index in [0.717, 1.165) is 17.1 Å². The van der Waals surface area contributed by atoms with Crippen molar-refractivity contribution in [2.45, 2.75) is 26.2 Å². The summed E-state index contributed by atoms with van der Waals surface area (Å²) in [5, 5.41) is 6.50. The van der Waals surface area contributed by atoms with Crippen LogP contribution < -0.4 is 0 Å². The van der Waals surface area contributed by atoms with Gasteiger partial charge in [-0.05, 0) is 24.3 Å². The van der Waals surface area contributed by atoms with Crippen LogP contribution in [0.15, 0.2) is 12.3 Å². The highest BCUT2D eigenvalue weighted by Crippen LogP contribution is 2.32. The molecule has 0 amide bonds. The third-order valence-corrected chi connectivity index (χ3v) is 5.05. The fraction of sp³-hybridized carbons (Fsp3) is 0.727. The second-order valence-corrected chi connectivity index (χ2v) is 5.30. The second kappa shape index (κ2) is 6.04. The maximum atomic E-state index is 4.45. The van der Waals surface area contributed by atoms with Gasteiger partial charge >= 0.3 is 0 Å². The average molecular weight is 338 g/mol. The summed E-state index contributed by atoms with van der Waals surface area (Å²) in [6.07, 6.45) is 5.48. The summed E-state index contributed by atoms with van der Waals surface area (Å²) in [6.45, 7) is 2.23. The standard InChI is InChI=1S/C11H18Br2N2/c1-3-5-11(8-12,9-13)7-10-4-6-15(2)14-10/h4,6H,3,5,7-9H2,1-2H3. The van der Waals surface area contributed by atoms with E-state index >= 15 is 0 Å². The van der Waals surface area contributed by atoms with Gasteiger partial charge in [-0.1, -0.05) is 45.2 Å². The zero-order chi connectivity index (χ0) is 11.3. The molecule has 0 unspecified atom stereocenters. The number of aromatic nitrogens is 2. The van der Waals surface area contributed by atoms with E-state index in [9.17, 15) is 0 Å². The predicted octanol–water partition coefficient (Wildman–Crippen LogP) is 3.54. The Hall–Kier alpha value is 0.170. The molecule has 0 spiro atoms. The fourth-order valence-electron chi connectivity index (χ4n) is 1.82. The smallest absolute Gasteiger partial charge is 0.0630 e. The summed E-state index contributed by atoms with van der Waals surface area (Å²) in [7, 11) is 1.97. The van der Waals surface area contributed by atoms with Crippen LogP contribution in [0, 0.1) is 5.41 Å². The van der Waals surface area contributed by atoms with Crippen molar-refractivity contribution < 1.29 is 0 Å². The first-order chi connectivity index (χ1) is 7.15. The number of alkyl halides is 2. The summed E-state index contributed by atoms with van der Waals surface area (Å²) in [4.78, 5) is 0. The van der Waals surface area contributed by atoms with Crippen LogP contribution >= 0.6 is 31.9 Å². The Balaban J connectivity index is 2.73. The highest BCUT2D eigenvalue weighted by molar-refractivity contribution is 9.09. The van der Waals surface area contributed by atoms with Crippen molar-refractivity contribution in [3.8, 4) is 0 Å². The van der Waals surface area contributed by atoms with Gasteiger partial charge in [0.1, 0.15) is 0 Å².